The number of anilines is 1. The van der Waals surface area contributed by atoms with Gasteiger partial charge in [0, 0.05) is 12.2 Å². The third-order valence-corrected chi connectivity index (χ3v) is 2.86. The van der Waals surface area contributed by atoms with E-state index in [1.807, 2.05) is 6.20 Å². The molecule has 3 nitrogen and oxygen atoms in total. The molecule has 0 spiro atoms. The van der Waals surface area contributed by atoms with E-state index in [4.69, 9.17) is 0 Å². The van der Waals surface area contributed by atoms with Gasteiger partial charge in [-0.2, -0.15) is 5.10 Å². The van der Waals surface area contributed by atoms with Crippen LogP contribution in [0.25, 0.3) is 0 Å². The smallest absolute Gasteiger partial charge is 0.161 e. The molecule has 0 bridgehead atoms. The fraction of sp³-hybridized carbons (Fsp3) is 0.571. The van der Waals surface area contributed by atoms with E-state index in [9.17, 15) is 0 Å². The molecular formula is C7H10IN3. The van der Waals surface area contributed by atoms with Gasteiger partial charge in [0.25, 0.3) is 0 Å². The molecule has 2 rings (SSSR count). The zero-order valence-electron chi connectivity index (χ0n) is 6.10. The molecule has 4 heteroatoms. The lowest BCUT2D eigenvalue weighted by atomic mass is 9.93. The van der Waals surface area contributed by atoms with E-state index in [0.717, 1.165) is 5.82 Å². The lowest BCUT2D eigenvalue weighted by Gasteiger charge is -2.26. The molecule has 1 aliphatic carbocycles. The van der Waals surface area contributed by atoms with Gasteiger partial charge < -0.3 is 5.32 Å². The molecule has 11 heavy (non-hydrogen) atoms. The Hall–Kier alpha value is -0.260. The molecule has 0 atom stereocenters. The first kappa shape index (κ1) is 7.39. The van der Waals surface area contributed by atoms with Gasteiger partial charge in [0.1, 0.15) is 0 Å². The molecular weight excluding hydrogens is 253 g/mol. The van der Waals surface area contributed by atoms with E-state index in [1.165, 1.54) is 22.8 Å². The molecule has 1 fully saturated rings. The van der Waals surface area contributed by atoms with Crippen molar-refractivity contribution >= 4 is 28.4 Å². The number of aromatic nitrogens is 2. The van der Waals surface area contributed by atoms with Crippen LogP contribution < -0.4 is 5.32 Å². The average molecular weight is 263 g/mol. The van der Waals surface area contributed by atoms with E-state index in [2.05, 4.69) is 38.1 Å². The molecule has 1 aliphatic rings. The van der Waals surface area contributed by atoms with Crippen LogP contribution in [-0.4, -0.2) is 16.2 Å². The summed E-state index contributed by atoms with van der Waals surface area (Å²) < 4.78 is 1.18. The molecule has 1 heterocycles. The summed E-state index contributed by atoms with van der Waals surface area (Å²) in [6.45, 7) is 0. The second-order valence-electron chi connectivity index (χ2n) is 2.85. The highest BCUT2D eigenvalue weighted by molar-refractivity contribution is 14.1. The van der Waals surface area contributed by atoms with Gasteiger partial charge in [0.05, 0.1) is 3.57 Å². The van der Waals surface area contributed by atoms with Crippen molar-refractivity contribution in [2.24, 2.45) is 0 Å². The summed E-state index contributed by atoms with van der Waals surface area (Å²) in [6, 6.07) is 0.673. The summed E-state index contributed by atoms with van der Waals surface area (Å²) in [4.78, 5) is 0. The van der Waals surface area contributed by atoms with Crippen molar-refractivity contribution < 1.29 is 0 Å². The summed E-state index contributed by atoms with van der Waals surface area (Å²) in [5, 5.41) is 10.3. The number of hydrogen-bond donors (Lipinski definition) is 2. The number of aromatic amines is 1. The third kappa shape index (κ3) is 1.50. The van der Waals surface area contributed by atoms with Crippen LogP contribution in [0.4, 0.5) is 5.82 Å². The first-order valence-corrected chi connectivity index (χ1v) is 4.90. The van der Waals surface area contributed by atoms with Crippen molar-refractivity contribution in [1.82, 2.24) is 10.2 Å². The maximum atomic E-state index is 4.09. The van der Waals surface area contributed by atoms with E-state index in [-0.39, 0.29) is 0 Å². The quantitative estimate of drug-likeness (QED) is 0.801. The average Bonchev–Trinajstić information content (AvgIpc) is 2.27. The van der Waals surface area contributed by atoms with E-state index < -0.39 is 0 Å². The van der Waals surface area contributed by atoms with Crippen molar-refractivity contribution in [3.05, 3.63) is 9.77 Å². The fourth-order valence-electron chi connectivity index (χ4n) is 1.12. The first-order valence-electron chi connectivity index (χ1n) is 3.82. The topological polar surface area (TPSA) is 40.7 Å². The largest absolute Gasteiger partial charge is 0.365 e. The lowest BCUT2D eigenvalue weighted by molar-refractivity contribution is 0.444. The highest BCUT2D eigenvalue weighted by Gasteiger charge is 2.18. The Kier molecular flexibility index (Phi) is 2.02. The minimum atomic E-state index is 0.673. The maximum Gasteiger partial charge on any atom is 0.161 e. The Morgan fingerprint density at radius 3 is 2.91 bits per heavy atom. The van der Waals surface area contributed by atoms with Gasteiger partial charge >= 0.3 is 0 Å². The summed E-state index contributed by atoms with van der Waals surface area (Å²) in [7, 11) is 0. The van der Waals surface area contributed by atoms with E-state index in [0.29, 0.717) is 6.04 Å². The standard InChI is InChI=1S/C7H10IN3/c8-6-4-9-11-7(6)10-5-2-1-3-5/h4-5H,1-3H2,(H2,9,10,11). The van der Waals surface area contributed by atoms with Crippen LogP contribution in [0.1, 0.15) is 19.3 Å². The van der Waals surface area contributed by atoms with Crippen LogP contribution >= 0.6 is 22.6 Å². The predicted octanol–water partition coefficient (Wildman–Crippen LogP) is 1.98. The molecule has 0 aliphatic heterocycles. The molecule has 60 valence electrons. The van der Waals surface area contributed by atoms with Crippen LogP contribution in [0.3, 0.4) is 0 Å². The van der Waals surface area contributed by atoms with Crippen molar-refractivity contribution in [2.45, 2.75) is 25.3 Å². The summed E-state index contributed by atoms with van der Waals surface area (Å²) in [5.41, 5.74) is 0. The van der Waals surface area contributed by atoms with E-state index in [1.54, 1.807) is 0 Å². The van der Waals surface area contributed by atoms with Crippen molar-refractivity contribution in [3.8, 4) is 0 Å². The Balaban J connectivity index is 1.99. The van der Waals surface area contributed by atoms with Gasteiger partial charge in [-0.05, 0) is 41.9 Å². The van der Waals surface area contributed by atoms with Crippen molar-refractivity contribution in [1.29, 1.82) is 0 Å². The zero-order valence-corrected chi connectivity index (χ0v) is 8.26. The third-order valence-electron chi connectivity index (χ3n) is 2.04. The monoisotopic (exact) mass is 263 g/mol. The number of nitrogens with zero attached hydrogens (tertiary/aromatic N) is 1. The number of rotatable bonds is 2. The lowest BCUT2D eigenvalue weighted by Crippen LogP contribution is -2.27. The fourth-order valence-corrected chi connectivity index (χ4v) is 1.54. The van der Waals surface area contributed by atoms with Crippen LogP contribution in [-0.2, 0) is 0 Å². The predicted molar refractivity (Wildman–Crippen MR) is 52.6 cm³/mol. The molecule has 0 saturated heterocycles. The van der Waals surface area contributed by atoms with Gasteiger partial charge in [0.15, 0.2) is 5.82 Å². The molecule has 1 saturated carbocycles. The second-order valence-corrected chi connectivity index (χ2v) is 4.02. The van der Waals surface area contributed by atoms with Gasteiger partial charge in [-0.25, -0.2) is 0 Å². The van der Waals surface area contributed by atoms with Gasteiger partial charge in [-0.1, -0.05) is 0 Å². The number of halogens is 1. The molecule has 1 aromatic heterocycles. The Labute approximate surface area is 79.1 Å². The van der Waals surface area contributed by atoms with Crippen LogP contribution in [0.15, 0.2) is 6.20 Å². The SMILES string of the molecule is Ic1c[nH]nc1NC1CCC1. The van der Waals surface area contributed by atoms with Gasteiger partial charge in [0.2, 0.25) is 0 Å². The molecule has 0 radical (unpaired) electrons. The minimum absolute atomic E-state index is 0.673. The molecule has 1 aromatic rings. The summed E-state index contributed by atoms with van der Waals surface area (Å²) >= 11 is 2.27. The minimum Gasteiger partial charge on any atom is -0.365 e. The van der Waals surface area contributed by atoms with E-state index >= 15 is 0 Å². The highest BCUT2D eigenvalue weighted by Crippen LogP contribution is 2.24. The van der Waals surface area contributed by atoms with Crippen LogP contribution in [0.5, 0.6) is 0 Å². The number of hydrogen-bond acceptors (Lipinski definition) is 2. The van der Waals surface area contributed by atoms with Crippen molar-refractivity contribution in [3.63, 3.8) is 0 Å². The highest BCUT2D eigenvalue weighted by atomic mass is 127. The van der Waals surface area contributed by atoms with Crippen LogP contribution in [0.2, 0.25) is 0 Å². The Morgan fingerprint density at radius 1 is 1.64 bits per heavy atom. The number of H-pyrrole nitrogens is 1. The van der Waals surface area contributed by atoms with Crippen molar-refractivity contribution in [2.75, 3.05) is 5.32 Å². The first-order chi connectivity index (χ1) is 5.36. The molecule has 0 unspecified atom stereocenters. The normalized spacial score (nSPS) is 17.9. The summed E-state index contributed by atoms with van der Waals surface area (Å²) in [5.74, 6) is 1.01. The van der Waals surface area contributed by atoms with Gasteiger partial charge in [-0.3, -0.25) is 5.10 Å². The Bertz CT molecular complexity index is 242. The molecule has 2 N–H and O–H groups in total. The van der Waals surface area contributed by atoms with Gasteiger partial charge in [-0.15, -0.1) is 0 Å². The zero-order chi connectivity index (χ0) is 7.68. The molecule has 0 aromatic carbocycles. The summed E-state index contributed by atoms with van der Waals surface area (Å²) in [6.07, 6.45) is 5.85. The maximum absolute atomic E-state index is 4.09. The van der Waals surface area contributed by atoms with Crippen LogP contribution in [0, 0.1) is 3.57 Å². The second kappa shape index (κ2) is 3.00. The number of nitrogens with one attached hydrogen (secondary N) is 2. The molecule has 0 amide bonds. The Morgan fingerprint density at radius 2 is 2.45 bits per heavy atom.